The SMILES string of the molecule is Cc1c(N=c2scc(-c3cccc(Br)c3)n2CC2CCCCC2)c(=O)n(-c2ccccc2)n1C. The number of para-hydroxylation sites is 1. The summed E-state index contributed by atoms with van der Waals surface area (Å²) in [6.07, 6.45) is 6.45. The standard InChI is InChI=1S/C27H29BrN4OS/c1-19-25(26(33)32(30(19)2)23-14-7-4-8-15-23)29-27-31(17-20-10-5-3-6-11-20)24(18-34-27)21-12-9-13-22(28)16-21/h4,7-9,12-16,18,20H,3,5-6,10-11,17H2,1-2H3. The Balaban J connectivity index is 1.65. The van der Waals surface area contributed by atoms with Gasteiger partial charge in [0.05, 0.1) is 17.1 Å². The lowest BCUT2D eigenvalue weighted by molar-refractivity contribution is 0.318. The average molecular weight is 538 g/mol. The highest BCUT2D eigenvalue weighted by Crippen LogP contribution is 2.29. The van der Waals surface area contributed by atoms with Gasteiger partial charge in [0.2, 0.25) is 0 Å². The first kappa shape index (κ1) is 23.1. The van der Waals surface area contributed by atoms with Crippen LogP contribution in [0.1, 0.15) is 37.8 Å². The molecule has 0 aliphatic heterocycles. The van der Waals surface area contributed by atoms with Crippen molar-refractivity contribution in [3.63, 3.8) is 0 Å². The molecule has 0 radical (unpaired) electrons. The summed E-state index contributed by atoms with van der Waals surface area (Å²) in [5.74, 6) is 0.644. The molecule has 176 valence electrons. The van der Waals surface area contributed by atoms with Crippen molar-refractivity contribution < 1.29 is 0 Å². The van der Waals surface area contributed by atoms with Gasteiger partial charge in [-0.25, -0.2) is 9.67 Å². The Bertz CT molecular complexity index is 1420. The number of hydrogen-bond acceptors (Lipinski definition) is 3. The lowest BCUT2D eigenvalue weighted by Crippen LogP contribution is -2.23. The molecule has 5 nitrogen and oxygen atoms in total. The molecule has 0 bridgehead atoms. The van der Waals surface area contributed by atoms with Gasteiger partial charge in [-0.3, -0.25) is 9.48 Å². The van der Waals surface area contributed by atoms with Gasteiger partial charge in [0.15, 0.2) is 10.5 Å². The van der Waals surface area contributed by atoms with Gasteiger partial charge in [-0.15, -0.1) is 11.3 Å². The lowest BCUT2D eigenvalue weighted by atomic mass is 9.89. The smallest absolute Gasteiger partial charge is 0.297 e. The Morgan fingerprint density at radius 1 is 1.06 bits per heavy atom. The highest BCUT2D eigenvalue weighted by Gasteiger charge is 2.19. The van der Waals surface area contributed by atoms with Crippen LogP contribution < -0.4 is 10.4 Å². The van der Waals surface area contributed by atoms with Crippen LogP contribution >= 0.6 is 27.3 Å². The molecule has 4 aromatic rings. The van der Waals surface area contributed by atoms with Crippen LogP contribution in [-0.4, -0.2) is 13.9 Å². The van der Waals surface area contributed by atoms with Crippen molar-refractivity contribution in [1.29, 1.82) is 0 Å². The van der Waals surface area contributed by atoms with Crippen LogP contribution in [0, 0.1) is 12.8 Å². The molecule has 0 N–H and O–H groups in total. The quantitative estimate of drug-likeness (QED) is 0.283. The fourth-order valence-electron chi connectivity index (χ4n) is 4.88. The van der Waals surface area contributed by atoms with Gasteiger partial charge >= 0.3 is 0 Å². The van der Waals surface area contributed by atoms with Crippen molar-refractivity contribution in [3.05, 3.63) is 85.3 Å². The first-order valence-electron chi connectivity index (χ1n) is 11.9. The fraction of sp³-hybridized carbons (Fsp3) is 0.333. The molecule has 1 saturated carbocycles. The molecule has 2 heterocycles. The number of rotatable bonds is 5. The molecule has 0 saturated heterocycles. The van der Waals surface area contributed by atoms with E-state index in [2.05, 4.69) is 44.1 Å². The van der Waals surface area contributed by atoms with Crippen molar-refractivity contribution in [2.75, 3.05) is 0 Å². The summed E-state index contributed by atoms with van der Waals surface area (Å²) in [5.41, 5.74) is 4.44. The Morgan fingerprint density at radius 2 is 1.82 bits per heavy atom. The highest BCUT2D eigenvalue weighted by atomic mass is 79.9. The number of halogens is 1. The molecule has 0 amide bonds. The van der Waals surface area contributed by atoms with E-state index in [-0.39, 0.29) is 5.56 Å². The van der Waals surface area contributed by atoms with E-state index in [1.807, 2.05) is 55.1 Å². The Morgan fingerprint density at radius 3 is 2.56 bits per heavy atom. The zero-order valence-electron chi connectivity index (χ0n) is 19.6. The van der Waals surface area contributed by atoms with Gasteiger partial charge in [-0.2, -0.15) is 0 Å². The third-order valence-corrected chi connectivity index (χ3v) is 8.17. The van der Waals surface area contributed by atoms with E-state index in [9.17, 15) is 4.79 Å². The molecule has 1 aliphatic carbocycles. The number of hydrogen-bond donors (Lipinski definition) is 0. The van der Waals surface area contributed by atoms with E-state index in [0.717, 1.165) is 38.5 Å². The minimum Gasteiger partial charge on any atom is -0.316 e. The molecular formula is C27H29BrN4OS. The Kier molecular flexibility index (Phi) is 6.75. The second-order valence-corrected chi connectivity index (χ2v) is 10.8. The van der Waals surface area contributed by atoms with Gasteiger partial charge in [-0.1, -0.05) is 65.5 Å². The zero-order valence-corrected chi connectivity index (χ0v) is 22.0. The summed E-state index contributed by atoms with van der Waals surface area (Å²) in [6, 6.07) is 18.2. The van der Waals surface area contributed by atoms with E-state index >= 15 is 0 Å². The van der Waals surface area contributed by atoms with E-state index in [1.54, 1.807) is 16.0 Å². The molecule has 1 fully saturated rings. The first-order valence-corrected chi connectivity index (χ1v) is 13.5. The molecule has 5 rings (SSSR count). The van der Waals surface area contributed by atoms with Crippen molar-refractivity contribution in [3.8, 4) is 16.9 Å². The molecule has 2 aromatic heterocycles. The fourth-order valence-corrected chi connectivity index (χ4v) is 6.20. The first-order chi connectivity index (χ1) is 16.5. The number of thiazole rings is 1. The summed E-state index contributed by atoms with van der Waals surface area (Å²) >= 11 is 5.23. The lowest BCUT2D eigenvalue weighted by Gasteiger charge is -2.23. The van der Waals surface area contributed by atoms with Gasteiger partial charge in [0, 0.05) is 29.0 Å². The third-order valence-electron chi connectivity index (χ3n) is 6.81. The van der Waals surface area contributed by atoms with Crippen LogP contribution in [0.5, 0.6) is 0 Å². The number of nitrogens with zero attached hydrogens (tertiary/aromatic N) is 4. The van der Waals surface area contributed by atoms with Crippen LogP contribution in [0.4, 0.5) is 5.69 Å². The molecule has 1 aliphatic rings. The predicted molar refractivity (Wildman–Crippen MR) is 143 cm³/mol. The van der Waals surface area contributed by atoms with E-state index in [4.69, 9.17) is 4.99 Å². The maximum absolute atomic E-state index is 13.5. The molecule has 0 unspecified atom stereocenters. The van der Waals surface area contributed by atoms with E-state index in [1.165, 1.54) is 32.1 Å². The average Bonchev–Trinajstić information content (AvgIpc) is 3.34. The van der Waals surface area contributed by atoms with Crippen LogP contribution in [-0.2, 0) is 13.6 Å². The zero-order chi connectivity index (χ0) is 23.7. The minimum absolute atomic E-state index is 0.0900. The van der Waals surface area contributed by atoms with Crippen LogP contribution in [0.2, 0.25) is 0 Å². The van der Waals surface area contributed by atoms with Crippen LogP contribution in [0.25, 0.3) is 16.9 Å². The maximum Gasteiger partial charge on any atom is 0.297 e. The third kappa shape index (κ3) is 4.51. The predicted octanol–water partition coefficient (Wildman–Crippen LogP) is 6.59. The number of aromatic nitrogens is 3. The second-order valence-electron chi connectivity index (χ2n) is 9.05. The summed E-state index contributed by atoms with van der Waals surface area (Å²) in [6.45, 7) is 2.90. The molecule has 0 spiro atoms. The largest absolute Gasteiger partial charge is 0.316 e. The molecular weight excluding hydrogens is 508 g/mol. The summed E-state index contributed by atoms with van der Waals surface area (Å²) < 4.78 is 6.98. The van der Waals surface area contributed by atoms with Crippen molar-refractivity contribution in [2.45, 2.75) is 45.6 Å². The number of benzene rings is 2. The van der Waals surface area contributed by atoms with Crippen LogP contribution in [0.15, 0.2) is 74.2 Å². The van der Waals surface area contributed by atoms with Gasteiger partial charge in [-0.05, 0) is 49.9 Å². The summed E-state index contributed by atoms with van der Waals surface area (Å²) in [4.78, 5) is 19.4. The minimum atomic E-state index is -0.0900. The summed E-state index contributed by atoms with van der Waals surface area (Å²) in [5, 5.41) is 2.18. The van der Waals surface area contributed by atoms with Gasteiger partial charge in [0.1, 0.15) is 0 Å². The van der Waals surface area contributed by atoms with E-state index < -0.39 is 0 Å². The van der Waals surface area contributed by atoms with Crippen molar-refractivity contribution >= 4 is 33.0 Å². The van der Waals surface area contributed by atoms with Gasteiger partial charge in [0.25, 0.3) is 5.56 Å². The van der Waals surface area contributed by atoms with Crippen molar-refractivity contribution in [2.24, 2.45) is 18.0 Å². The monoisotopic (exact) mass is 536 g/mol. The summed E-state index contributed by atoms with van der Waals surface area (Å²) in [7, 11) is 1.92. The molecule has 34 heavy (non-hydrogen) atoms. The molecule has 7 heteroatoms. The van der Waals surface area contributed by atoms with Crippen molar-refractivity contribution in [1.82, 2.24) is 13.9 Å². The van der Waals surface area contributed by atoms with Crippen LogP contribution in [0.3, 0.4) is 0 Å². The molecule has 0 atom stereocenters. The van der Waals surface area contributed by atoms with Gasteiger partial charge < -0.3 is 4.57 Å². The topological polar surface area (TPSA) is 44.2 Å². The maximum atomic E-state index is 13.5. The normalized spacial score (nSPS) is 15.2. The second kappa shape index (κ2) is 9.92. The Hall–Kier alpha value is -2.64. The highest BCUT2D eigenvalue weighted by molar-refractivity contribution is 9.10. The van der Waals surface area contributed by atoms with E-state index in [0.29, 0.717) is 11.6 Å². The molecule has 2 aromatic carbocycles. The Labute approximate surface area is 212 Å².